The molecule has 1 aromatic heterocycles. The highest BCUT2D eigenvalue weighted by atomic mass is 79.9. The van der Waals surface area contributed by atoms with Crippen LogP contribution in [0.5, 0.6) is 5.88 Å². The maximum atomic E-state index is 11.5. The van der Waals surface area contributed by atoms with Crippen molar-refractivity contribution in [1.82, 2.24) is 4.98 Å². The third-order valence-electron chi connectivity index (χ3n) is 2.48. The second kappa shape index (κ2) is 4.75. The quantitative estimate of drug-likeness (QED) is 0.740. The predicted molar refractivity (Wildman–Crippen MR) is 73.5 cm³/mol. The van der Waals surface area contributed by atoms with Crippen LogP contribution in [-0.4, -0.2) is 26.7 Å². The predicted octanol–water partition coefficient (Wildman–Crippen LogP) is 3.02. The van der Waals surface area contributed by atoms with Gasteiger partial charge in [0, 0.05) is 9.86 Å². The van der Waals surface area contributed by atoms with E-state index in [1.54, 1.807) is 18.2 Å². The highest BCUT2D eigenvalue weighted by Gasteiger charge is 2.23. The van der Waals surface area contributed by atoms with Crippen molar-refractivity contribution in [3.05, 3.63) is 22.7 Å². The van der Waals surface area contributed by atoms with Crippen LogP contribution in [0, 0.1) is 0 Å². The summed E-state index contributed by atoms with van der Waals surface area (Å²) in [5.74, 6) is -0.961. The second-order valence-electron chi connectivity index (χ2n) is 4.58. The average molecular weight is 326 g/mol. The molecule has 0 radical (unpaired) electrons. The number of aliphatic hydroxyl groups is 1. The Bertz CT molecular complexity index is 671. The highest BCUT2D eigenvalue weighted by molar-refractivity contribution is 9.10. The lowest BCUT2D eigenvalue weighted by Crippen LogP contribution is -2.28. The first-order valence-corrected chi connectivity index (χ1v) is 6.27. The van der Waals surface area contributed by atoms with Crippen molar-refractivity contribution >= 4 is 38.4 Å². The molecule has 0 atom stereocenters. The fourth-order valence-corrected chi connectivity index (χ4v) is 1.82. The smallest absolute Gasteiger partial charge is 0.295 e. The number of carbonyl (C=O) groups is 1. The van der Waals surface area contributed by atoms with E-state index in [2.05, 4.69) is 31.1 Å². The van der Waals surface area contributed by atoms with Gasteiger partial charge in [-0.3, -0.25) is 4.79 Å². The number of azo groups is 1. The maximum Gasteiger partial charge on any atom is 0.295 e. The molecule has 6 nitrogen and oxygen atoms in total. The van der Waals surface area contributed by atoms with Crippen LogP contribution in [-0.2, 0) is 4.79 Å². The Morgan fingerprint density at radius 1 is 1.42 bits per heavy atom. The Morgan fingerprint density at radius 3 is 2.74 bits per heavy atom. The molecule has 0 fully saturated rings. The number of hydrogen-bond acceptors (Lipinski definition) is 4. The van der Waals surface area contributed by atoms with E-state index in [9.17, 15) is 15.0 Å². The van der Waals surface area contributed by atoms with E-state index >= 15 is 0 Å². The molecular formula is C12H12BrN3O3. The van der Waals surface area contributed by atoms with Gasteiger partial charge in [-0.25, -0.2) is 0 Å². The van der Waals surface area contributed by atoms with E-state index in [0.29, 0.717) is 10.9 Å². The van der Waals surface area contributed by atoms with Crippen LogP contribution >= 0.6 is 15.9 Å². The van der Waals surface area contributed by atoms with E-state index in [-0.39, 0.29) is 11.6 Å². The highest BCUT2D eigenvalue weighted by Crippen LogP contribution is 2.36. The molecule has 0 unspecified atom stereocenters. The molecule has 100 valence electrons. The summed E-state index contributed by atoms with van der Waals surface area (Å²) < 4.78 is 0.810. The number of carbonyl (C=O) groups excluding carboxylic acids is 1. The summed E-state index contributed by atoms with van der Waals surface area (Å²) in [4.78, 5) is 14.2. The van der Waals surface area contributed by atoms with E-state index in [1.165, 1.54) is 13.8 Å². The minimum atomic E-state index is -1.59. The van der Waals surface area contributed by atoms with Gasteiger partial charge in [0.15, 0.2) is 5.69 Å². The number of rotatable bonds is 2. The molecule has 0 saturated carbocycles. The van der Waals surface area contributed by atoms with Crippen LogP contribution in [0.2, 0.25) is 0 Å². The minimum absolute atomic E-state index is 0.161. The first-order chi connectivity index (χ1) is 8.79. The molecule has 7 heteroatoms. The van der Waals surface area contributed by atoms with Crippen LogP contribution in [0.4, 0.5) is 5.69 Å². The summed E-state index contributed by atoms with van der Waals surface area (Å²) >= 11 is 3.31. The number of hydrogen-bond donors (Lipinski definition) is 3. The van der Waals surface area contributed by atoms with Gasteiger partial charge in [0.1, 0.15) is 5.60 Å². The monoisotopic (exact) mass is 325 g/mol. The molecule has 19 heavy (non-hydrogen) atoms. The van der Waals surface area contributed by atoms with Gasteiger partial charge in [0.2, 0.25) is 5.88 Å². The Kier molecular flexibility index (Phi) is 3.42. The van der Waals surface area contributed by atoms with Gasteiger partial charge in [-0.1, -0.05) is 15.9 Å². The summed E-state index contributed by atoms with van der Waals surface area (Å²) in [5.41, 5.74) is -0.759. The van der Waals surface area contributed by atoms with Crippen LogP contribution < -0.4 is 0 Å². The van der Waals surface area contributed by atoms with Crippen molar-refractivity contribution in [3.63, 3.8) is 0 Å². The molecule has 0 spiro atoms. The fourth-order valence-electron chi connectivity index (χ4n) is 1.45. The summed E-state index contributed by atoms with van der Waals surface area (Å²) in [6.07, 6.45) is 0. The van der Waals surface area contributed by atoms with Crippen LogP contribution in [0.25, 0.3) is 10.9 Å². The van der Waals surface area contributed by atoms with Crippen molar-refractivity contribution in [2.24, 2.45) is 10.2 Å². The molecule has 3 N–H and O–H groups in total. The normalized spacial score (nSPS) is 12.4. The van der Waals surface area contributed by atoms with Crippen molar-refractivity contribution in [1.29, 1.82) is 0 Å². The number of aromatic amines is 1. The molecule has 0 aliphatic heterocycles. The van der Waals surface area contributed by atoms with Crippen molar-refractivity contribution < 1.29 is 15.0 Å². The number of fused-ring (bicyclic) bond motifs is 1. The van der Waals surface area contributed by atoms with Crippen LogP contribution in [0.3, 0.4) is 0 Å². The third-order valence-corrected chi connectivity index (χ3v) is 2.97. The Labute approximate surface area is 117 Å². The zero-order valence-electron chi connectivity index (χ0n) is 10.3. The van der Waals surface area contributed by atoms with Crippen molar-refractivity contribution in [3.8, 4) is 5.88 Å². The summed E-state index contributed by atoms with van der Waals surface area (Å²) in [6, 6.07) is 5.31. The van der Waals surface area contributed by atoms with Gasteiger partial charge >= 0.3 is 0 Å². The van der Waals surface area contributed by atoms with Gasteiger partial charge < -0.3 is 15.2 Å². The number of aromatic nitrogens is 1. The molecule has 1 amide bonds. The SMILES string of the molecule is CC(C)(O)C(=O)N=Nc1c(O)[nH]c2ccc(Br)cc12. The van der Waals surface area contributed by atoms with Gasteiger partial charge in [0.05, 0.1) is 5.52 Å². The molecule has 0 aliphatic rings. The number of benzene rings is 1. The first kappa shape index (κ1) is 13.7. The minimum Gasteiger partial charge on any atom is -0.493 e. The zero-order chi connectivity index (χ0) is 14.2. The summed E-state index contributed by atoms with van der Waals surface area (Å²) in [5, 5.41) is 27.0. The number of H-pyrrole nitrogens is 1. The number of nitrogens with zero attached hydrogens (tertiary/aromatic N) is 2. The van der Waals surface area contributed by atoms with Crippen LogP contribution in [0.15, 0.2) is 32.9 Å². The second-order valence-corrected chi connectivity index (χ2v) is 5.49. The molecule has 2 rings (SSSR count). The summed E-state index contributed by atoms with van der Waals surface area (Å²) in [7, 11) is 0. The summed E-state index contributed by atoms with van der Waals surface area (Å²) in [6.45, 7) is 2.64. The van der Waals surface area contributed by atoms with Gasteiger partial charge in [-0.15, -0.1) is 10.2 Å². The molecule has 2 aromatic rings. The Balaban J connectivity index is 2.46. The third kappa shape index (κ3) is 2.82. The number of halogens is 1. The average Bonchev–Trinajstić information content (AvgIpc) is 2.60. The largest absolute Gasteiger partial charge is 0.493 e. The molecular weight excluding hydrogens is 314 g/mol. The van der Waals surface area contributed by atoms with E-state index in [1.807, 2.05) is 0 Å². The standard InChI is InChI=1S/C12H12BrN3O3/c1-12(2,19)11(18)16-15-9-7-5-6(13)3-4-8(7)14-10(9)17/h3-5,14,17,19H,1-2H3. The number of amides is 1. The molecule has 1 heterocycles. The van der Waals surface area contributed by atoms with Gasteiger partial charge in [-0.05, 0) is 32.0 Å². The number of aromatic hydroxyl groups is 1. The number of nitrogens with one attached hydrogen (secondary N) is 1. The van der Waals surface area contributed by atoms with E-state index in [4.69, 9.17) is 0 Å². The lowest BCUT2D eigenvalue weighted by atomic mass is 10.1. The Morgan fingerprint density at radius 2 is 2.11 bits per heavy atom. The molecule has 0 bridgehead atoms. The van der Waals surface area contributed by atoms with E-state index < -0.39 is 11.5 Å². The molecule has 1 aromatic carbocycles. The van der Waals surface area contributed by atoms with Crippen molar-refractivity contribution in [2.45, 2.75) is 19.4 Å². The molecule has 0 saturated heterocycles. The lowest BCUT2D eigenvalue weighted by molar-refractivity contribution is -0.133. The fraction of sp³-hybridized carbons (Fsp3) is 0.250. The Hall–Kier alpha value is -1.73. The maximum absolute atomic E-state index is 11.5. The topological polar surface area (TPSA) is 98.0 Å². The van der Waals surface area contributed by atoms with Crippen LogP contribution in [0.1, 0.15) is 13.8 Å². The van der Waals surface area contributed by atoms with Crippen molar-refractivity contribution in [2.75, 3.05) is 0 Å². The zero-order valence-corrected chi connectivity index (χ0v) is 11.9. The lowest BCUT2D eigenvalue weighted by Gasteiger charge is -2.09. The van der Waals surface area contributed by atoms with Gasteiger partial charge in [-0.2, -0.15) is 0 Å². The first-order valence-electron chi connectivity index (χ1n) is 5.48. The molecule has 0 aliphatic carbocycles. The van der Waals surface area contributed by atoms with Gasteiger partial charge in [0.25, 0.3) is 5.91 Å². The van der Waals surface area contributed by atoms with E-state index in [0.717, 1.165) is 4.47 Å².